The van der Waals surface area contributed by atoms with E-state index in [0.29, 0.717) is 38.2 Å². The quantitative estimate of drug-likeness (QED) is 0.344. The third-order valence-electron chi connectivity index (χ3n) is 5.88. The highest BCUT2D eigenvalue weighted by atomic mass is 16.5. The number of benzene rings is 1. The van der Waals surface area contributed by atoms with Gasteiger partial charge >= 0.3 is 5.97 Å². The predicted octanol–water partition coefficient (Wildman–Crippen LogP) is 4.87. The van der Waals surface area contributed by atoms with Crippen LogP contribution in [0.25, 0.3) is 0 Å². The molecule has 172 valence electrons. The SMILES string of the molecule is COCc1cccc(C/C(O)=C/CC2CC(C)(C)C(=O)N2CCCCCCC(=O)O)c1. The Morgan fingerprint density at radius 1 is 1.19 bits per heavy atom. The molecule has 0 bridgehead atoms. The average molecular weight is 432 g/mol. The number of likely N-dealkylation sites (tertiary alicyclic amines) is 1. The molecule has 0 aliphatic carbocycles. The lowest BCUT2D eigenvalue weighted by Gasteiger charge is -2.24. The van der Waals surface area contributed by atoms with Gasteiger partial charge in [0.25, 0.3) is 0 Å². The molecule has 0 spiro atoms. The number of methoxy groups -OCH3 is 1. The van der Waals surface area contributed by atoms with Crippen LogP contribution in [0.15, 0.2) is 36.1 Å². The summed E-state index contributed by atoms with van der Waals surface area (Å²) in [5.74, 6) is -0.267. The van der Waals surface area contributed by atoms with Crippen LogP contribution in [0.3, 0.4) is 0 Å². The first-order chi connectivity index (χ1) is 14.7. The van der Waals surface area contributed by atoms with E-state index in [1.54, 1.807) is 7.11 Å². The van der Waals surface area contributed by atoms with Crippen LogP contribution < -0.4 is 0 Å². The number of carbonyl (C=O) groups excluding carboxylic acids is 1. The molecule has 1 aromatic rings. The molecule has 1 atom stereocenters. The Labute approximate surface area is 185 Å². The molecule has 1 saturated heterocycles. The van der Waals surface area contributed by atoms with Crippen molar-refractivity contribution >= 4 is 11.9 Å². The first-order valence-corrected chi connectivity index (χ1v) is 11.2. The second-order valence-corrected chi connectivity index (χ2v) is 9.16. The van der Waals surface area contributed by atoms with Crippen molar-refractivity contribution in [2.75, 3.05) is 13.7 Å². The fourth-order valence-electron chi connectivity index (χ4n) is 4.30. The highest BCUT2D eigenvalue weighted by molar-refractivity contribution is 5.84. The summed E-state index contributed by atoms with van der Waals surface area (Å²) in [5.41, 5.74) is 1.72. The van der Waals surface area contributed by atoms with Crippen LogP contribution >= 0.6 is 0 Å². The second-order valence-electron chi connectivity index (χ2n) is 9.16. The number of carbonyl (C=O) groups is 2. The molecular formula is C25H37NO5. The van der Waals surface area contributed by atoms with E-state index in [9.17, 15) is 14.7 Å². The number of hydrogen-bond acceptors (Lipinski definition) is 4. The minimum atomic E-state index is -0.756. The number of aliphatic hydroxyl groups is 1. The van der Waals surface area contributed by atoms with Crippen LogP contribution in [0.4, 0.5) is 0 Å². The molecular weight excluding hydrogens is 394 g/mol. The van der Waals surface area contributed by atoms with Gasteiger partial charge in [-0.15, -0.1) is 0 Å². The van der Waals surface area contributed by atoms with Gasteiger partial charge in [0, 0.05) is 38.0 Å². The van der Waals surface area contributed by atoms with Gasteiger partial charge in [-0.1, -0.05) is 51.0 Å². The second kappa shape index (κ2) is 11.9. The molecule has 1 unspecified atom stereocenters. The summed E-state index contributed by atoms with van der Waals surface area (Å²) in [4.78, 5) is 25.4. The Kier molecular flexibility index (Phi) is 9.56. The molecule has 1 heterocycles. The third kappa shape index (κ3) is 8.02. The lowest BCUT2D eigenvalue weighted by molar-refractivity contribution is -0.137. The molecule has 0 saturated carbocycles. The van der Waals surface area contributed by atoms with E-state index in [4.69, 9.17) is 9.84 Å². The van der Waals surface area contributed by atoms with E-state index in [1.165, 1.54) is 0 Å². The zero-order valence-electron chi connectivity index (χ0n) is 19.1. The van der Waals surface area contributed by atoms with Crippen molar-refractivity contribution in [2.45, 2.75) is 77.9 Å². The Morgan fingerprint density at radius 3 is 2.61 bits per heavy atom. The summed E-state index contributed by atoms with van der Waals surface area (Å²) in [5, 5.41) is 19.2. The van der Waals surface area contributed by atoms with Crippen LogP contribution in [0.5, 0.6) is 0 Å². The summed E-state index contributed by atoms with van der Waals surface area (Å²) in [6.45, 7) is 5.21. The average Bonchev–Trinajstić information content (AvgIpc) is 2.92. The maximum absolute atomic E-state index is 12.8. The number of carboxylic acids is 1. The molecule has 2 rings (SSSR count). The van der Waals surface area contributed by atoms with Crippen LogP contribution in [0.2, 0.25) is 0 Å². The molecule has 1 aliphatic rings. The van der Waals surface area contributed by atoms with Gasteiger partial charge in [0.15, 0.2) is 0 Å². The highest BCUT2D eigenvalue weighted by Crippen LogP contribution is 2.37. The minimum absolute atomic E-state index is 0.0866. The van der Waals surface area contributed by atoms with E-state index in [-0.39, 0.29) is 23.8 Å². The standard InChI is InChI=1S/C25H37NO5/c1-25(2)17-21(26(24(25)30)14-7-5-4-6-11-23(28)29)12-13-22(27)16-19-9-8-10-20(15-19)18-31-3/h8-10,13,15,21,27H,4-7,11-12,14,16-18H2,1-3H3,(H,28,29)/b22-13-. The highest BCUT2D eigenvalue weighted by Gasteiger charge is 2.44. The number of nitrogens with zero attached hydrogens (tertiary/aromatic N) is 1. The van der Waals surface area contributed by atoms with Crippen molar-refractivity contribution in [1.82, 2.24) is 4.90 Å². The summed E-state index contributed by atoms with van der Waals surface area (Å²) in [7, 11) is 1.66. The number of allylic oxidation sites excluding steroid dienone is 1. The summed E-state index contributed by atoms with van der Waals surface area (Å²) in [6, 6.07) is 8.07. The van der Waals surface area contributed by atoms with E-state index in [1.807, 2.05) is 49.1 Å². The monoisotopic (exact) mass is 431 g/mol. The topological polar surface area (TPSA) is 87.1 Å². The molecule has 1 aliphatic heterocycles. The first kappa shape index (κ1) is 24.9. The smallest absolute Gasteiger partial charge is 0.303 e. The van der Waals surface area contributed by atoms with Crippen LogP contribution in [-0.4, -0.2) is 46.7 Å². The van der Waals surface area contributed by atoms with Crippen LogP contribution in [0.1, 0.15) is 69.9 Å². The number of rotatable bonds is 13. The largest absolute Gasteiger partial charge is 0.512 e. The maximum Gasteiger partial charge on any atom is 0.303 e. The number of aliphatic carboxylic acids is 1. The fourth-order valence-corrected chi connectivity index (χ4v) is 4.30. The molecule has 0 radical (unpaired) electrons. The van der Waals surface area contributed by atoms with E-state index in [0.717, 1.165) is 36.8 Å². The first-order valence-electron chi connectivity index (χ1n) is 11.2. The Hall–Kier alpha value is -2.34. The molecule has 6 nitrogen and oxygen atoms in total. The normalized spacial score (nSPS) is 18.5. The molecule has 1 amide bonds. The molecule has 1 fully saturated rings. The number of unbranched alkanes of at least 4 members (excludes halogenated alkanes) is 3. The van der Waals surface area contributed by atoms with Crippen molar-refractivity contribution in [2.24, 2.45) is 5.41 Å². The summed E-state index contributed by atoms with van der Waals surface area (Å²) in [6.07, 6.45) is 7.27. The Bertz CT molecular complexity index is 771. The lowest BCUT2D eigenvalue weighted by Crippen LogP contribution is -2.36. The minimum Gasteiger partial charge on any atom is -0.512 e. The van der Waals surface area contributed by atoms with E-state index >= 15 is 0 Å². The zero-order chi connectivity index (χ0) is 22.9. The number of carboxylic acid groups (broad SMARTS) is 1. The van der Waals surface area contributed by atoms with Crippen LogP contribution in [-0.2, 0) is 27.4 Å². The third-order valence-corrected chi connectivity index (χ3v) is 5.88. The van der Waals surface area contributed by atoms with Crippen molar-refractivity contribution in [3.63, 3.8) is 0 Å². The van der Waals surface area contributed by atoms with Gasteiger partial charge in [-0.05, 0) is 42.9 Å². The molecule has 31 heavy (non-hydrogen) atoms. The molecule has 1 aromatic carbocycles. The summed E-state index contributed by atoms with van der Waals surface area (Å²) >= 11 is 0. The predicted molar refractivity (Wildman–Crippen MR) is 121 cm³/mol. The zero-order valence-corrected chi connectivity index (χ0v) is 19.1. The van der Waals surface area contributed by atoms with Gasteiger partial charge in [-0.25, -0.2) is 0 Å². The summed E-state index contributed by atoms with van der Waals surface area (Å²) < 4.78 is 5.17. The number of hydrogen-bond donors (Lipinski definition) is 2. The Morgan fingerprint density at radius 2 is 1.90 bits per heavy atom. The van der Waals surface area contributed by atoms with E-state index < -0.39 is 5.97 Å². The van der Waals surface area contributed by atoms with Gasteiger partial charge in [0.2, 0.25) is 5.91 Å². The van der Waals surface area contributed by atoms with Gasteiger partial charge in [-0.3, -0.25) is 9.59 Å². The maximum atomic E-state index is 12.8. The van der Waals surface area contributed by atoms with Crippen LogP contribution in [0, 0.1) is 5.41 Å². The number of amides is 1. The number of aliphatic hydroxyl groups excluding tert-OH is 1. The van der Waals surface area contributed by atoms with Gasteiger partial charge in [-0.2, -0.15) is 0 Å². The van der Waals surface area contributed by atoms with E-state index in [2.05, 4.69) is 0 Å². The van der Waals surface area contributed by atoms with Crippen molar-refractivity contribution in [3.05, 3.63) is 47.2 Å². The lowest BCUT2D eigenvalue weighted by atomic mass is 9.89. The van der Waals surface area contributed by atoms with Crippen molar-refractivity contribution < 1.29 is 24.5 Å². The van der Waals surface area contributed by atoms with Crippen molar-refractivity contribution in [1.29, 1.82) is 0 Å². The molecule has 2 N–H and O–H groups in total. The van der Waals surface area contributed by atoms with Gasteiger partial charge < -0.3 is 19.8 Å². The molecule has 6 heteroatoms. The fraction of sp³-hybridized carbons (Fsp3) is 0.600. The Balaban J connectivity index is 1.90. The molecule has 0 aromatic heterocycles. The van der Waals surface area contributed by atoms with Crippen molar-refractivity contribution in [3.8, 4) is 0 Å². The number of ether oxygens (including phenoxy) is 1. The van der Waals surface area contributed by atoms with Gasteiger partial charge in [0.05, 0.1) is 12.4 Å². The van der Waals surface area contributed by atoms with Gasteiger partial charge in [0.1, 0.15) is 0 Å².